The lowest BCUT2D eigenvalue weighted by atomic mass is 10.1. The molecule has 0 amide bonds. The van der Waals surface area contributed by atoms with E-state index in [1.54, 1.807) is 11.0 Å². The lowest BCUT2D eigenvalue weighted by molar-refractivity contribution is -0.0705. The highest BCUT2D eigenvalue weighted by atomic mass is 127. The third-order valence-electron chi connectivity index (χ3n) is 4.98. The zero-order chi connectivity index (χ0) is 20.6. The van der Waals surface area contributed by atoms with Crippen LogP contribution in [-0.2, 0) is 31.4 Å². The normalized spacial score (nSPS) is 19.9. The molecule has 9 heteroatoms. The molecule has 1 saturated heterocycles. The van der Waals surface area contributed by atoms with Crippen molar-refractivity contribution in [3.05, 3.63) is 47.5 Å². The van der Waals surface area contributed by atoms with Gasteiger partial charge < -0.3 is 15.4 Å². The van der Waals surface area contributed by atoms with E-state index >= 15 is 0 Å². The number of hydrogen-bond donors (Lipinski definition) is 2. The van der Waals surface area contributed by atoms with E-state index in [0.29, 0.717) is 13.1 Å². The van der Waals surface area contributed by atoms with Gasteiger partial charge in [0.1, 0.15) is 12.2 Å². The van der Waals surface area contributed by atoms with E-state index in [9.17, 15) is 0 Å². The first-order valence-electron chi connectivity index (χ1n) is 10.3. The topological polar surface area (TPSA) is 79.6 Å². The lowest BCUT2D eigenvalue weighted by Gasteiger charge is -2.35. The number of benzene rings is 1. The second kappa shape index (κ2) is 12.2. The Labute approximate surface area is 196 Å². The van der Waals surface area contributed by atoms with Crippen molar-refractivity contribution in [2.75, 3.05) is 19.6 Å². The Bertz CT molecular complexity index is 800. The molecule has 30 heavy (non-hydrogen) atoms. The Morgan fingerprint density at radius 1 is 1.17 bits per heavy atom. The molecule has 2 atom stereocenters. The largest absolute Gasteiger partial charge is 0.373 e. The molecule has 3 rings (SSSR count). The van der Waals surface area contributed by atoms with Crippen LogP contribution < -0.4 is 10.6 Å². The van der Waals surface area contributed by atoms with Crippen LogP contribution >= 0.6 is 24.0 Å². The number of hydrogen-bond acceptors (Lipinski definition) is 5. The first-order chi connectivity index (χ1) is 14.0. The molecule has 0 bridgehead atoms. The highest BCUT2D eigenvalue weighted by molar-refractivity contribution is 14.0. The number of aromatic nitrogens is 3. The van der Waals surface area contributed by atoms with Crippen LogP contribution in [-0.4, -0.2) is 57.5 Å². The zero-order valence-corrected chi connectivity index (χ0v) is 20.7. The molecule has 0 spiro atoms. The highest BCUT2D eigenvalue weighted by Gasteiger charge is 2.22. The SMILES string of the molecule is CCNC(=NCc1ccccc1CN1CC(C)OC(C)C1)NCc1ncnn1C.I. The summed E-state index contributed by atoms with van der Waals surface area (Å²) in [4.78, 5) is 11.5. The molecule has 2 aromatic rings. The lowest BCUT2D eigenvalue weighted by Crippen LogP contribution is -2.44. The fourth-order valence-corrected chi connectivity index (χ4v) is 3.67. The Hall–Kier alpha value is -1.72. The number of guanidine groups is 1. The summed E-state index contributed by atoms with van der Waals surface area (Å²) in [5, 5.41) is 10.7. The minimum Gasteiger partial charge on any atom is -0.373 e. The van der Waals surface area contributed by atoms with E-state index in [2.05, 4.69) is 70.7 Å². The van der Waals surface area contributed by atoms with E-state index in [1.807, 2.05) is 7.05 Å². The van der Waals surface area contributed by atoms with Gasteiger partial charge in [0.2, 0.25) is 0 Å². The molecule has 0 aliphatic carbocycles. The van der Waals surface area contributed by atoms with Gasteiger partial charge in [0.05, 0.1) is 25.3 Å². The summed E-state index contributed by atoms with van der Waals surface area (Å²) >= 11 is 0. The predicted octanol–water partition coefficient (Wildman–Crippen LogP) is 2.30. The van der Waals surface area contributed by atoms with E-state index in [4.69, 9.17) is 9.73 Å². The van der Waals surface area contributed by atoms with Crippen molar-refractivity contribution in [3.8, 4) is 0 Å². The molecular weight excluding hydrogens is 493 g/mol. The standard InChI is InChI=1S/C21H33N7O.HI/c1-5-22-21(24-11-20-25-15-26-27(20)4)23-10-18-8-6-7-9-19(18)14-28-12-16(2)29-17(3)13-28;/h6-9,15-17H,5,10-14H2,1-4H3,(H2,22,23,24);1H. The van der Waals surface area contributed by atoms with Crippen LogP contribution in [0.15, 0.2) is 35.6 Å². The van der Waals surface area contributed by atoms with Gasteiger partial charge in [-0.1, -0.05) is 24.3 Å². The number of nitrogens with zero attached hydrogens (tertiary/aromatic N) is 5. The van der Waals surface area contributed by atoms with Gasteiger partial charge in [-0.15, -0.1) is 24.0 Å². The average molecular weight is 527 g/mol. The molecule has 1 aromatic heterocycles. The zero-order valence-electron chi connectivity index (χ0n) is 18.3. The highest BCUT2D eigenvalue weighted by Crippen LogP contribution is 2.17. The third-order valence-corrected chi connectivity index (χ3v) is 4.98. The Balaban J connectivity index is 0.00000320. The molecule has 2 unspecified atom stereocenters. The molecule has 1 aromatic carbocycles. The first kappa shape index (κ1) is 24.5. The fraction of sp³-hybridized carbons (Fsp3) is 0.571. The summed E-state index contributed by atoms with van der Waals surface area (Å²) in [7, 11) is 1.89. The van der Waals surface area contributed by atoms with Crippen LogP contribution in [0.3, 0.4) is 0 Å². The second-order valence-corrected chi connectivity index (χ2v) is 7.57. The predicted molar refractivity (Wildman–Crippen MR) is 130 cm³/mol. The molecule has 0 saturated carbocycles. The minimum absolute atomic E-state index is 0. The molecule has 0 radical (unpaired) electrons. The summed E-state index contributed by atoms with van der Waals surface area (Å²) in [5.41, 5.74) is 2.57. The molecule has 1 aliphatic rings. The maximum Gasteiger partial charge on any atom is 0.191 e. The maximum atomic E-state index is 5.86. The van der Waals surface area contributed by atoms with Gasteiger partial charge in [0, 0.05) is 33.2 Å². The molecule has 2 heterocycles. The fourth-order valence-electron chi connectivity index (χ4n) is 3.67. The van der Waals surface area contributed by atoms with Gasteiger partial charge in [0.25, 0.3) is 0 Å². The number of aliphatic imine (C=N–C) groups is 1. The summed E-state index contributed by atoms with van der Waals surface area (Å²) in [5.74, 6) is 1.64. The van der Waals surface area contributed by atoms with Crippen molar-refractivity contribution in [1.82, 2.24) is 30.3 Å². The van der Waals surface area contributed by atoms with Crippen LogP contribution in [0.4, 0.5) is 0 Å². The van der Waals surface area contributed by atoms with E-state index in [1.165, 1.54) is 11.1 Å². The van der Waals surface area contributed by atoms with Gasteiger partial charge in [-0.3, -0.25) is 9.58 Å². The van der Waals surface area contributed by atoms with E-state index < -0.39 is 0 Å². The van der Waals surface area contributed by atoms with Crippen molar-refractivity contribution in [2.45, 2.75) is 52.6 Å². The number of aryl methyl sites for hydroxylation is 1. The summed E-state index contributed by atoms with van der Waals surface area (Å²) < 4.78 is 7.62. The van der Waals surface area contributed by atoms with Gasteiger partial charge >= 0.3 is 0 Å². The van der Waals surface area contributed by atoms with Crippen LogP contribution in [0.2, 0.25) is 0 Å². The van der Waals surface area contributed by atoms with Crippen molar-refractivity contribution in [1.29, 1.82) is 0 Å². The van der Waals surface area contributed by atoms with Crippen LogP contribution in [0.5, 0.6) is 0 Å². The Kier molecular flexibility index (Phi) is 9.99. The number of nitrogens with one attached hydrogen (secondary N) is 2. The van der Waals surface area contributed by atoms with E-state index in [-0.39, 0.29) is 36.2 Å². The molecule has 166 valence electrons. The van der Waals surface area contributed by atoms with Gasteiger partial charge in [-0.2, -0.15) is 5.10 Å². The summed E-state index contributed by atoms with van der Waals surface area (Å²) in [6.45, 7) is 11.2. The van der Waals surface area contributed by atoms with Crippen LogP contribution in [0, 0.1) is 0 Å². The maximum absolute atomic E-state index is 5.86. The molecule has 8 nitrogen and oxygen atoms in total. The molecule has 2 N–H and O–H groups in total. The molecular formula is C21H34IN7O. The Morgan fingerprint density at radius 3 is 2.50 bits per heavy atom. The first-order valence-corrected chi connectivity index (χ1v) is 10.3. The van der Waals surface area contributed by atoms with E-state index in [0.717, 1.165) is 38.0 Å². The number of rotatable bonds is 7. The van der Waals surface area contributed by atoms with Gasteiger partial charge in [0.15, 0.2) is 5.96 Å². The molecule has 1 aliphatic heterocycles. The van der Waals surface area contributed by atoms with Crippen LogP contribution in [0.25, 0.3) is 0 Å². The monoisotopic (exact) mass is 527 g/mol. The molecule has 1 fully saturated rings. The number of halogens is 1. The number of ether oxygens (including phenoxy) is 1. The number of morpholine rings is 1. The quantitative estimate of drug-likeness (QED) is 0.327. The smallest absolute Gasteiger partial charge is 0.191 e. The van der Waals surface area contributed by atoms with Gasteiger partial charge in [-0.25, -0.2) is 9.98 Å². The summed E-state index contributed by atoms with van der Waals surface area (Å²) in [6, 6.07) is 8.56. The van der Waals surface area contributed by atoms with Crippen molar-refractivity contribution >= 4 is 29.9 Å². The Morgan fingerprint density at radius 2 is 1.87 bits per heavy atom. The van der Waals surface area contributed by atoms with Crippen molar-refractivity contribution in [2.24, 2.45) is 12.0 Å². The summed E-state index contributed by atoms with van der Waals surface area (Å²) in [6.07, 6.45) is 2.10. The second-order valence-electron chi connectivity index (χ2n) is 7.57. The third kappa shape index (κ3) is 7.21. The minimum atomic E-state index is 0. The average Bonchev–Trinajstić information content (AvgIpc) is 3.09. The van der Waals surface area contributed by atoms with Gasteiger partial charge in [-0.05, 0) is 31.9 Å². The van der Waals surface area contributed by atoms with Crippen molar-refractivity contribution in [3.63, 3.8) is 0 Å². The van der Waals surface area contributed by atoms with Crippen molar-refractivity contribution < 1.29 is 4.74 Å². The van der Waals surface area contributed by atoms with Crippen LogP contribution in [0.1, 0.15) is 37.7 Å².